The van der Waals surface area contributed by atoms with Crippen LogP contribution >= 0.6 is 0 Å². The SMILES string of the molecule is NC1CC2(CCNCC2)c2ccccc21. The van der Waals surface area contributed by atoms with Gasteiger partial charge in [0.2, 0.25) is 0 Å². The van der Waals surface area contributed by atoms with Crippen LogP contribution in [0.2, 0.25) is 0 Å². The van der Waals surface area contributed by atoms with Gasteiger partial charge in [-0.1, -0.05) is 24.3 Å². The summed E-state index contributed by atoms with van der Waals surface area (Å²) in [6.45, 7) is 2.28. The monoisotopic (exact) mass is 202 g/mol. The van der Waals surface area contributed by atoms with Crippen LogP contribution in [-0.2, 0) is 5.41 Å². The van der Waals surface area contributed by atoms with Crippen LogP contribution in [0.25, 0.3) is 0 Å². The zero-order valence-corrected chi connectivity index (χ0v) is 9.00. The average molecular weight is 202 g/mol. The van der Waals surface area contributed by atoms with Crippen LogP contribution in [-0.4, -0.2) is 13.1 Å². The molecule has 1 atom stereocenters. The summed E-state index contributed by atoms with van der Waals surface area (Å²) in [7, 11) is 0. The first-order chi connectivity index (χ1) is 7.32. The van der Waals surface area contributed by atoms with Gasteiger partial charge in [-0.15, -0.1) is 0 Å². The highest BCUT2D eigenvalue weighted by molar-refractivity contribution is 5.42. The van der Waals surface area contributed by atoms with Crippen molar-refractivity contribution < 1.29 is 0 Å². The second-order valence-electron chi connectivity index (χ2n) is 4.93. The number of benzene rings is 1. The molecule has 1 aromatic rings. The molecular formula is C13H18N2. The number of nitrogens with two attached hydrogens (primary N) is 1. The van der Waals surface area contributed by atoms with Crippen LogP contribution in [0.5, 0.6) is 0 Å². The smallest absolute Gasteiger partial charge is 0.0306 e. The van der Waals surface area contributed by atoms with E-state index in [2.05, 4.69) is 29.6 Å². The van der Waals surface area contributed by atoms with Crippen LogP contribution in [0.4, 0.5) is 0 Å². The Morgan fingerprint density at radius 1 is 1.20 bits per heavy atom. The van der Waals surface area contributed by atoms with E-state index in [9.17, 15) is 0 Å². The molecular weight excluding hydrogens is 184 g/mol. The molecule has 15 heavy (non-hydrogen) atoms. The fourth-order valence-electron chi connectivity index (χ4n) is 3.32. The summed E-state index contributed by atoms with van der Waals surface area (Å²) in [5, 5.41) is 3.44. The molecule has 0 saturated carbocycles. The number of hydrogen-bond donors (Lipinski definition) is 2. The van der Waals surface area contributed by atoms with E-state index in [1.807, 2.05) is 0 Å². The van der Waals surface area contributed by atoms with Gasteiger partial charge in [0, 0.05) is 6.04 Å². The van der Waals surface area contributed by atoms with E-state index < -0.39 is 0 Å². The normalized spacial score (nSPS) is 27.9. The zero-order chi connectivity index (χ0) is 10.3. The van der Waals surface area contributed by atoms with Gasteiger partial charge in [0.25, 0.3) is 0 Å². The Labute approximate surface area is 90.9 Å². The highest BCUT2D eigenvalue weighted by atomic mass is 14.9. The second-order valence-corrected chi connectivity index (χ2v) is 4.93. The summed E-state index contributed by atoms with van der Waals surface area (Å²) in [4.78, 5) is 0. The van der Waals surface area contributed by atoms with Gasteiger partial charge in [-0.25, -0.2) is 0 Å². The van der Waals surface area contributed by atoms with Crippen molar-refractivity contribution in [3.05, 3.63) is 35.4 Å². The number of hydrogen-bond acceptors (Lipinski definition) is 2. The van der Waals surface area contributed by atoms with Gasteiger partial charge < -0.3 is 11.1 Å². The standard InChI is InChI=1S/C13H18N2/c14-12-9-13(5-7-15-8-6-13)11-4-2-1-3-10(11)12/h1-4,12,15H,5-9,14H2. The third kappa shape index (κ3) is 1.32. The van der Waals surface area contributed by atoms with Crippen molar-refractivity contribution >= 4 is 0 Å². The first kappa shape index (κ1) is 9.37. The van der Waals surface area contributed by atoms with E-state index >= 15 is 0 Å². The molecule has 0 amide bonds. The largest absolute Gasteiger partial charge is 0.324 e. The Hall–Kier alpha value is -0.860. The number of fused-ring (bicyclic) bond motifs is 2. The topological polar surface area (TPSA) is 38.0 Å². The summed E-state index contributed by atoms with van der Waals surface area (Å²) in [6, 6.07) is 9.02. The molecule has 1 aliphatic heterocycles. The lowest BCUT2D eigenvalue weighted by atomic mass is 9.74. The van der Waals surface area contributed by atoms with Crippen LogP contribution in [0, 0.1) is 0 Å². The number of piperidine rings is 1. The van der Waals surface area contributed by atoms with Gasteiger partial charge in [-0.05, 0) is 48.9 Å². The Balaban J connectivity index is 2.06. The van der Waals surface area contributed by atoms with E-state index in [-0.39, 0.29) is 6.04 Å². The molecule has 3 rings (SSSR count). The number of nitrogens with one attached hydrogen (secondary N) is 1. The molecule has 3 N–H and O–H groups in total. The minimum absolute atomic E-state index is 0.263. The van der Waals surface area contributed by atoms with Crippen LogP contribution < -0.4 is 11.1 Å². The fourth-order valence-corrected chi connectivity index (χ4v) is 3.32. The summed E-state index contributed by atoms with van der Waals surface area (Å²) in [5.41, 5.74) is 9.54. The molecule has 1 unspecified atom stereocenters. The molecule has 2 nitrogen and oxygen atoms in total. The molecule has 2 heteroatoms. The van der Waals surface area contributed by atoms with E-state index in [1.165, 1.54) is 24.0 Å². The maximum absolute atomic E-state index is 6.23. The van der Waals surface area contributed by atoms with Gasteiger partial charge in [0.1, 0.15) is 0 Å². The molecule has 1 saturated heterocycles. The molecule has 1 aromatic carbocycles. The van der Waals surface area contributed by atoms with Crippen LogP contribution in [0.15, 0.2) is 24.3 Å². The van der Waals surface area contributed by atoms with Gasteiger partial charge in [-0.3, -0.25) is 0 Å². The highest BCUT2D eigenvalue weighted by Crippen LogP contribution is 2.48. The van der Waals surface area contributed by atoms with E-state index in [0.717, 1.165) is 19.5 Å². The predicted molar refractivity (Wildman–Crippen MR) is 61.8 cm³/mol. The number of rotatable bonds is 0. The van der Waals surface area contributed by atoms with Crippen molar-refractivity contribution in [2.75, 3.05) is 13.1 Å². The summed E-state index contributed by atoms with van der Waals surface area (Å²) in [6.07, 6.45) is 3.64. The van der Waals surface area contributed by atoms with E-state index in [0.29, 0.717) is 5.41 Å². The molecule has 1 aliphatic carbocycles. The Kier molecular flexibility index (Phi) is 2.08. The van der Waals surface area contributed by atoms with E-state index in [4.69, 9.17) is 5.73 Å². The lowest BCUT2D eigenvalue weighted by Crippen LogP contribution is -2.38. The molecule has 1 heterocycles. The maximum Gasteiger partial charge on any atom is 0.0306 e. The fraction of sp³-hybridized carbons (Fsp3) is 0.538. The molecule has 0 aromatic heterocycles. The summed E-state index contributed by atoms with van der Waals surface area (Å²) >= 11 is 0. The van der Waals surface area contributed by atoms with Crippen LogP contribution in [0.3, 0.4) is 0 Å². The van der Waals surface area contributed by atoms with Crippen molar-refractivity contribution in [3.63, 3.8) is 0 Å². The van der Waals surface area contributed by atoms with Crippen molar-refractivity contribution in [3.8, 4) is 0 Å². The quantitative estimate of drug-likeness (QED) is 0.672. The van der Waals surface area contributed by atoms with Crippen LogP contribution in [0.1, 0.15) is 36.4 Å². The molecule has 0 bridgehead atoms. The molecule has 0 radical (unpaired) electrons. The van der Waals surface area contributed by atoms with Gasteiger partial charge >= 0.3 is 0 Å². The predicted octanol–water partition coefficient (Wildman–Crippen LogP) is 1.71. The zero-order valence-electron chi connectivity index (χ0n) is 9.00. The van der Waals surface area contributed by atoms with Crippen molar-refractivity contribution in [1.29, 1.82) is 0 Å². The second kappa shape index (κ2) is 3.32. The van der Waals surface area contributed by atoms with Gasteiger partial charge in [0.15, 0.2) is 0 Å². The Morgan fingerprint density at radius 3 is 2.73 bits per heavy atom. The first-order valence-corrected chi connectivity index (χ1v) is 5.88. The van der Waals surface area contributed by atoms with Gasteiger partial charge in [0.05, 0.1) is 0 Å². The summed E-state index contributed by atoms with van der Waals surface area (Å²) in [5.74, 6) is 0. The van der Waals surface area contributed by atoms with E-state index in [1.54, 1.807) is 0 Å². The maximum atomic E-state index is 6.23. The average Bonchev–Trinajstić information content (AvgIpc) is 2.55. The molecule has 1 fully saturated rings. The molecule has 80 valence electrons. The third-order valence-electron chi connectivity index (χ3n) is 4.10. The Bertz CT molecular complexity index is 367. The third-order valence-corrected chi connectivity index (χ3v) is 4.10. The summed E-state index contributed by atoms with van der Waals surface area (Å²) < 4.78 is 0. The molecule has 2 aliphatic rings. The lowest BCUT2D eigenvalue weighted by molar-refractivity contribution is 0.294. The van der Waals surface area contributed by atoms with Crippen molar-refractivity contribution in [2.45, 2.75) is 30.7 Å². The minimum atomic E-state index is 0.263. The van der Waals surface area contributed by atoms with Crippen molar-refractivity contribution in [2.24, 2.45) is 5.73 Å². The highest BCUT2D eigenvalue weighted by Gasteiger charge is 2.42. The first-order valence-electron chi connectivity index (χ1n) is 5.88. The molecule has 1 spiro atoms. The van der Waals surface area contributed by atoms with Gasteiger partial charge in [-0.2, -0.15) is 0 Å². The minimum Gasteiger partial charge on any atom is -0.324 e. The lowest BCUT2D eigenvalue weighted by Gasteiger charge is -2.35. The van der Waals surface area contributed by atoms with Crippen molar-refractivity contribution in [1.82, 2.24) is 5.32 Å². The Morgan fingerprint density at radius 2 is 1.93 bits per heavy atom.